The number of aryl methyl sites for hydroxylation is 1. The molecule has 2 aromatic rings. The van der Waals surface area contributed by atoms with Gasteiger partial charge in [0.25, 0.3) is 0 Å². The van der Waals surface area contributed by atoms with E-state index in [-0.39, 0.29) is 11.9 Å². The van der Waals surface area contributed by atoms with Crippen LogP contribution >= 0.6 is 0 Å². The molecule has 0 saturated heterocycles. The SMILES string of the molecule is O=C(Cc1ccc2c(c1)CCO2)NC1CCc2nccn2C1. The van der Waals surface area contributed by atoms with Crippen molar-refractivity contribution in [3.05, 3.63) is 47.5 Å². The molecule has 5 nitrogen and oxygen atoms in total. The molecule has 4 rings (SSSR count). The van der Waals surface area contributed by atoms with Crippen molar-refractivity contribution in [2.45, 2.75) is 38.3 Å². The summed E-state index contributed by atoms with van der Waals surface area (Å²) in [6, 6.07) is 6.26. The Morgan fingerprint density at radius 2 is 2.36 bits per heavy atom. The van der Waals surface area contributed by atoms with Gasteiger partial charge in [-0.05, 0) is 23.6 Å². The molecule has 1 amide bonds. The average Bonchev–Trinajstić information content (AvgIpc) is 3.14. The molecule has 0 aliphatic carbocycles. The van der Waals surface area contributed by atoms with Gasteiger partial charge < -0.3 is 14.6 Å². The second-order valence-electron chi connectivity index (χ2n) is 6.02. The predicted octanol–water partition coefficient (Wildman–Crippen LogP) is 1.49. The number of benzene rings is 1. The fourth-order valence-electron chi connectivity index (χ4n) is 3.30. The smallest absolute Gasteiger partial charge is 0.224 e. The molecule has 2 aliphatic heterocycles. The number of carbonyl (C=O) groups is 1. The van der Waals surface area contributed by atoms with Crippen LogP contribution in [0.1, 0.15) is 23.4 Å². The molecule has 114 valence electrons. The molecule has 3 heterocycles. The lowest BCUT2D eigenvalue weighted by atomic mass is 10.0. The Hall–Kier alpha value is -2.30. The first kappa shape index (κ1) is 13.4. The van der Waals surface area contributed by atoms with Gasteiger partial charge in [0.1, 0.15) is 11.6 Å². The highest BCUT2D eigenvalue weighted by molar-refractivity contribution is 5.79. The number of imidazole rings is 1. The van der Waals surface area contributed by atoms with E-state index in [1.54, 1.807) is 0 Å². The lowest BCUT2D eigenvalue weighted by Gasteiger charge is -2.24. The van der Waals surface area contributed by atoms with Gasteiger partial charge in [-0.1, -0.05) is 12.1 Å². The zero-order chi connectivity index (χ0) is 14.9. The van der Waals surface area contributed by atoms with E-state index < -0.39 is 0 Å². The van der Waals surface area contributed by atoms with Crippen molar-refractivity contribution in [2.75, 3.05) is 6.61 Å². The Bertz CT molecular complexity index is 708. The van der Waals surface area contributed by atoms with E-state index in [1.807, 2.05) is 24.5 Å². The van der Waals surface area contributed by atoms with E-state index in [1.165, 1.54) is 5.56 Å². The lowest BCUT2D eigenvalue weighted by molar-refractivity contribution is -0.121. The van der Waals surface area contributed by atoms with Crippen LogP contribution in [0, 0.1) is 0 Å². The first-order chi connectivity index (χ1) is 10.8. The summed E-state index contributed by atoms with van der Waals surface area (Å²) >= 11 is 0. The summed E-state index contributed by atoms with van der Waals surface area (Å²) in [6.45, 7) is 1.57. The number of nitrogens with one attached hydrogen (secondary N) is 1. The Balaban J connectivity index is 1.37. The number of carbonyl (C=O) groups excluding carboxylic acids is 1. The third-order valence-corrected chi connectivity index (χ3v) is 4.42. The quantitative estimate of drug-likeness (QED) is 0.934. The molecule has 0 bridgehead atoms. The number of hydrogen-bond donors (Lipinski definition) is 1. The monoisotopic (exact) mass is 297 g/mol. The maximum absolute atomic E-state index is 12.3. The van der Waals surface area contributed by atoms with Gasteiger partial charge in [-0.3, -0.25) is 4.79 Å². The molecule has 0 spiro atoms. The molecule has 2 aliphatic rings. The van der Waals surface area contributed by atoms with Crippen molar-refractivity contribution in [3.8, 4) is 5.75 Å². The predicted molar refractivity (Wildman–Crippen MR) is 81.8 cm³/mol. The van der Waals surface area contributed by atoms with Crippen molar-refractivity contribution in [1.29, 1.82) is 0 Å². The lowest BCUT2D eigenvalue weighted by Crippen LogP contribution is -2.41. The fourth-order valence-corrected chi connectivity index (χ4v) is 3.30. The van der Waals surface area contributed by atoms with Crippen LogP contribution in [0.5, 0.6) is 5.75 Å². The average molecular weight is 297 g/mol. The van der Waals surface area contributed by atoms with Gasteiger partial charge in [0.2, 0.25) is 5.91 Å². The molecule has 0 fully saturated rings. The maximum Gasteiger partial charge on any atom is 0.224 e. The minimum Gasteiger partial charge on any atom is -0.493 e. The number of hydrogen-bond acceptors (Lipinski definition) is 3. The number of amides is 1. The van der Waals surface area contributed by atoms with E-state index in [0.29, 0.717) is 6.42 Å². The van der Waals surface area contributed by atoms with Crippen molar-refractivity contribution in [3.63, 3.8) is 0 Å². The van der Waals surface area contributed by atoms with E-state index in [2.05, 4.69) is 20.9 Å². The topological polar surface area (TPSA) is 56.1 Å². The fraction of sp³-hybridized carbons (Fsp3) is 0.412. The largest absolute Gasteiger partial charge is 0.493 e. The van der Waals surface area contributed by atoms with Crippen LogP contribution in [0.4, 0.5) is 0 Å². The van der Waals surface area contributed by atoms with Crippen LogP contribution in [-0.2, 0) is 30.6 Å². The van der Waals surface area contributed by atoms with E-state index in [9.17, 15) is 4.79 Å². The maximum atomic E-state index is 12.3. The molecular formula is C17H19N3O2. The standard InChI is InChI=1S/C17H19N3O2/c21-17(10-12-1-3-15-13(9-12)5-8-22-15)19-14-2-4-16-18-6-7-20(16)11-14/h1,3,6-7,9,14H,2,4-5,8,10-11H2,(H,19,21). The Kier molecular flexibility index (Phi) is 3.33. The number of ether oxygens (including phenoxy) is 1. The van der Waals surface area contributed by atoms with Crippen LogP contribution in [0.3, 0.4) is 0 Å². The minimum absolute atomic E-state index is 0.0902. The van der Waals surface area contributed by atoms with E-state index >= 15 is 0 Å². The molecule has 1 N–H and O–H groups in total. The first-order valence-electron chi connectivity index (χ1n) is 7.82. The highest BCUT2D eigenvalue weighted by atomic mass is 16.5. The normalized spacial score (nSPS) is 19.2. The molecule has 5 heteroatoms. The zero-order valence-corrected chi connectivity index (χ0v) is 12.4. The Morgan fingerprint density at radius 3 is 3.32 bits per heavy atom. The summed E-state index contributed by atoms with van der Waals surface area (Å²) < 4.78 is 7.62. The highest BCUT2D eigenvalue weighted by Crippen LogP contribution is 2.26. The molecular weight excluding hydrogens is 278 g/mol. The van der Waals surface area contributed by atoms with Gasteiger partial charge in [-0.2, -0.15) is 0 Å². The molecule has 1 aromatic heterocycles. The molecule has 1 aromatic carbocycles. The summed E-state index contributed by atoms with van der Waals surface area (Å²) in [5.74, 6) is 2.17. The van der Waals surface area contributed by atoms with Crippen LogP contribution < -0.4 is 10.1 Å². The van der Waals surface area contributed by atoms with Gasteiger partial charge in [0.15, 0.2) is 0 Å². The molecule has 1 unspecified atom stereocenters. The second kappa shape index (κ2) is 5.48. The van der Waals surface area contributed by atoms with Gasteiger partial charge in [0.05, 0.1) is 13.0 Å². The van der Waals surface area contributed by atoms with Gasteiger partial charge in [-0.15, -0.1) is 0 Å². The first-order valence-corrected chi connectivity index (χ1v) is 7.82. The summed E-state index contributed by atoms with van der Waals surface area (Å²) in [6.07, 6.45) is 7.06. The molecule has 22 heavy (non-hydrogen) atoms. The number of aromatic nitrogens is 2. The third kappa shape index (κ3) is 2.58. The van der Waals surface area contributed by atoms with E-state index in [4.69, 9.17) is 4.74 Å². The Morgan fingerprint density at radius 1 is 1.41 bits per heavy atom. The molecule has 0 saturated carbocycles. The summed E-state index contributed by atoms with van der Waals surface area (Å²) in [5, 5.41) is 3.15. The summed E-state index contributed by atoms with van der Waals surface area (Å²) in [5.41, 5.74) is 2.27. The van der Waals surface area contributed by atoms with Crippen LogP contribution in [0.25, 0.3) is 0 Å². The molecule has 1 atom stereocenters. The van der Waals surface area contributed by atoms with Gasteiger partial charge in [-0.25, -0.2) is 4.98 Å². The zero-order valence-electron chi connectivity index (χ0n) is 12.4. The molecule has 0 radical (unpaired) electrons. The van der Waals surface area contributed by atoms with Crippen LogP contribution in [0.15, 0.2) is 30.6 Å². The van der Waals surface area contributed by atoms with Gasteiger partial charge >= 0.3 is 0 Å². The van der Waals surface area contributed by atoms with Crippen molar-refractivity contribution >= 4 is 5.91 Å². The van der Waals surface area contributed by atoms with Crippen LogP contribution in [-0.4, -0.2) is 28.1 Å². The van der Waals surface area contributed by atoms with Crippen molar-refractivity contribution in [1.82, 2.24) is 14.9 Å². The van der Waals surface area contributed by atoms with Crippen molar-refractivity contribution < 1.29 is 9.53 Å². The van der Waals surface area contributed by atoms with E-state index in [0.717, 1.165) is 49.6 Å². The highest BCUT2D eigenvalue weighted by Gasteiger charge is 2.20. The summed E-state index contributed by atoms with van der Waals surface area (Å²) in [4.78, 5) is 16.6. The minimum atomic E-state index is 0.0902. The number of nitrogens with zero attached hydrogens (tertiary/aromatic N) is 2. The van der Waals surface area contributed by atoms with Crippen molar-refractivity contribution in [2.24, 2.45) is 0 Å². The Labute approximate surface area is 129 Å². The van der Waals surface area contributed by atoms with Crippen LogP contribution in [0.2, 0.25) is 0 Å². The number of rotatable bonds is 3. The third-order valence-electron chi connectivity index (χ3n) is 4.42. The second-order valence-corrected chi connectivity index (χ2v) is 6.02. The number of fused-ring (bicyclic) bond motifs is 2. The summed E-state index contributed by atoms with van der Waals surface area (Å²) in [7, 11) is 0. The van der Waals surface area contributed by atoms with Gasteiger partial charge in [0, 0.05) is 37.8 Å².